The smallest absolute Gasteiger partial charge is 0.305 e. The molecule has 0 spiro atoms. The van der Waals surface area contributed by atoms with Crippen molar-refractivity contribution in [2.45, 2.75) is 25.3 Å². The van der Waals surface area contributed by atoms with Crippen LogP contribution in [-0.2, 0) is 11.3 Å². The average molecular weight is 315 g/mol. The Labute approximate surface area is 135 Å². The van der Waals surface area contributed by atoms with Crippen molar-refractivity contribution in [2.24, 2.45) is 0 Å². The lowest BCUT2D eigenvalue weighted by Gasteiger charge is -2.19. The molecule has 2 aromatic rings. The van der Waals surface area contributed by atoms with Crippen molar-refractivity contribution in [2.75, 3.05) is 25.1 Å². The first kappa shape index (κ1) is 15.4. The molecule has 0 bridgehead atoms. The molecule has 2 heterocycles. The van der Waals surface area contributed by atoms with Gasteiger partial charge in [-0.25, -0.2) is 4.98 Å². The van der Waals surface area contributed by atoms with Gasteiger partial charge < -0.3 is 19.3 Å². The fraction of sp³-hybridized carbons (Fsp3) is 0.412. The molecular formula is C17H21N3O3. The summed E-state index contributed by atoms with van der Waals surface area (Å²) in [7, 11) is 1.67. The summed E-state index contributed by atoms with van der Waals surface area (Å²) < 4.78 is 7.41. The van der Waals surface area contributed by atoms with Gasteiger partial charge in [0, 0.05) is 43.6 Å². The molecule has 1 aromatic carbocycles. The predicted molar refractivity (Wildman–Crippen MR) is 87.0 cm³/mol. The zero-order chi connectivity index (χ0) is 16.2. The lowest BCUT2D eigenvalue weighted by Crippen LogP contribution is -2.25. The molecule has 1 aliphatic rings. The summed E-state index contributed by atoms with van der Waals surface area (Å²) in [5, 5.41) is 8.94. The highest BCUT2D eigenvalue weighted by Gasteiger charge is 2.29. The number of aromatic nitrogens is 2. The van der Waals surface area contributed by atoms with Gasteiger partial charge in [-0.15, -0.1) is 0 Å². The van der Waals surface area contributed by atoms with Crippen molar-refractivity contribution < 1.29 is 14.6 Å². The van der Waals surface area contributed by atoms with Crippen LogP contribution in [-0.4, -0.2) is 40.8 Å². The monoisotopic (exact) mass is 315 g/mol. The lowest BCUT2D eigenvalue weighted by atomic mass is 9.97. The van der Waals surface area contributed by atoms with Crippen molar-refractivity contribution in [3.8, 4) is 5.75 Å². The molecule has 0 aliphatic carbocycles. The number of aliphatic carboxylic acids is 1. The molecule has 1 atom stereocenters. The van der Waals surface area contributed by atoms with E-state index in [1.807, 2.05) is 24.7 Å². The number of hydrogen-bond acceptors (Lipinski definition) is 4. The molecule has 1 aliphatic heterocycles. The van der Waals surface area contributed by atoms with Gasteiger partial charge >= 0.3 is 5.97 Å². The van der Waals surface area contributed by atoms with Gasteiger partial charge in [0.05, 0.1) is 19.9 Å². The highest BCUT2D eigenvalue weighted by molar-refractivity contribution is 5.69. The number of carboxylic acids is 1. The fourth-order valence-electron chi connectivity index (χ4n) is 3.15. The third-order valence-corrected chi connectivity index (χ3v) is 4.35. The normalized spacial score (nSPS) is 16.4. The largest absolute Gasteiger partial charge is 0.497 e. The standard InChI is InChI=1S/C17H21N3O3/c1-23-14-2-3-16-15(10-14)13(4-7-19-9-6-18-12-19)11-20(16)8-5-17(21)22/h2-3,6,9-10,12-13H,4-5,7-8,11H2,1H3,(H,21,22). The van der Waals surface area contributed by atoms with E-state index in [0.717, 1.165) is 30.9 Å². The SMILES string of the molecule is COc1ccc2c(c1)C(CCn1ccnc1)CN2CCC(=O)O. The maximum atomic E-state index is 10.9. The third kappa shape index (κ3) is 3.47. The first-order valence-electron chi connectivity index (χ1n) is 7.78. The minimum atomic E-state index is -0.762. The predicted octanol–water partition coefficient (Wildman–Crippen LogP) is 2.36. The second kappa shape index (κ2) is 6.73. The number of imidazole rings is 1. The number of ether oxygens (including phenoxy) is 1. The van der Waals surface area contributed by atoms with Crippen LogP contribution < -0.4 is 9.64 Å². The first-order chi connectivity index (χ1) is 11.2. The van der Waals surface area contributed by atoms with Crippen LogP contribution in [0.25, 0.3) is 0 Å². The van der Waals surface area contributed by atoms with Crippen LogP contribution in [0.4, 0.5) is 5.69 Å². The Morgan fingerprint density at radius 1 is 1.43 bits per heavy atom. The minimum absolute atomic E-state index is 0.152. The number of nitrogens with zero attached hydrogens (tertiary/aromatic N) is 3. The van der Waals surface area contributed by atoms with E-state index in [4.69, 9.17) is 9.84 Å². The molecule has 1 aromatic heterocycles. The summed E-state index contributed by atoms with van der Waals surface area (Å²) in [5.74, 6) is 0.453. The number of hydrogen-bond donors (Lipinski definition) is 1. The number of anilines is 1. The van der Waals surface area contributed by atoms with Crippen LogP contribution in [0.15, 0.2) is 36.9 Å². The van der Waals surface area contributed by atoms with Gasteiger partial charge in [0.1, 0.15) is 5.75 Å². The number of fused-ring (bicyclic) bond motifs is 1. The molecule has 0 fully saturated rings. The van der Waals surface area contributed by atoms with Gasteiger partial charge in [-0.1, -0.05) is 0 Å². The molecule has 6 heteroatoms. The summed E-state index contributed by atoms with van der Waals surface area (Å²) in [6.45, 7) is 2.29. The van der Waals surface area contributed by atoms with E-state index in [2.05, 4.69) is 20.5 Å². The maximum absolute atomic E-state index is 10.9. The van der Waals surface area contributed by atoms with E-state index in [-0.39, 0.29) is 6.42 Å². The molecule has 0 radical (unpaired) electrons. The lowest BCUT2D eigenvalue weighted by molar-refractivity contribution is -0.136. The Bertz CT molecular complexity index is 670. The van der Waals surface area contributed by atoms with Crippen LogP contribution in [0.5, 0.6) is 5.75 Å². The summed E-state index contributed by atoms with van der Waals surface area (Å²) >= 11 is 0. The van der Waals surface area contributed by atoms with Gasteiger partial charge in [0.15, 0.2) is 0 Å². The van der Waals surface area contributed by atoms with Crippen molar-refractivity contribution in [3.63, 3.8) is 0 Å². The average Bonchev–Trinajstić information content (AvgIpc) is 3.18. The van der Waals surface area contributed by atoms with Gasteiger partial charge in [0.2, 0.25) is 0 Å². The van der Waals surface area contributed by atoms with E-state index in [0.29, 0.717) is 12.5 Å². The Kier molecular flexibility index (Phi) is 4.50. The van der Waals surface area contributed by atoms with Crippen molar-refractivity contribution in [1.29, 1.82) is 0 Å². The number of methoxy groups -OCH3 is 1. The molecule has 6 nitrogen and oxygen atoms in total. The second-order valence-electron chi connectivity index (χ2n) is 5.80. The topological polar surface area (TPSA) is 67.6 Å². The van der Waals surface area contributed by atoms with Gasteiger partial charge in [-0.2, -0.15) is 0 Å². The highest BCUT2D eigenvalue weighted by Crippen LogP contribution is 2.40. The van der Waals surface area contributed by atoms with Crippen molar-refractivity contribution in [1.82, 2.24) is 9.55 Å². The van der Waals surface area contributed by atoms with Gasteiger partial charge in [0.25, 0.3) is 0 Å². The number of rotatable bonds is 7. The molecular weight excluding hydrogens is 294 g/mol. The first-order valence-corrected chi connectivity index (χ1v) is 7.78. The quantitative estimate of drug-likeness (QED) is 0.849. The number of benzene rings is 1. The molecule has 0 saturated carbocycles. The minimum Gasteiger partial charge on any atom is -0.497 e. The van der Waals surface area contributed by atoms with Gasteiger partial charge in [-0.05, 0) is 30.2 Å². The summed E-state index contributed by atoms with van der Waals surface area (Å²) in [5.41, 5.74) is 2.37. The molecule has 122 valence electrons. The molecule has 0 saturated heterocycles. The van der Waals surface area contributed by atoms with E-state index in [1.165, 1.54) is 5.56 Å². The molecule has 1 N–H and O–H groups in total. The fourth-order valence-corrected chi connectivity index (χ4v) is 3.15. The molecule has 1 unspecified atom stereocenters. The summed E-state index contributed by atoms with van der Waals surface area (Å²) in [6.07, 6.45) is 6.71. The van der Waals surface area contributed by atoms with E-state index < -0.39 is 5.97 Å². The van der Waals surface area contributed by atoms with E-state index >= 15 is 0 Å². The zero-order valence-electron chi connectivity index (χ0n) is 13.2. The Balaban J connectivity index is 1.76. The number of carboxylic acid groups (broad SMARTS) is 1. The van der Waals surface area contributed by atoms with Crippen LogP contribution in [0.3, 0.4) is 0 Å². The van der Waals surface area contributed by atoms with Crippen molar-refractivity contribution in [3.05, 3.63) is 42.5 Å². The Morgan fingerprint density at radius 3 is 3.00 bits per heavy atom. The maximum Gasteiger partial charge on any atom is 0.305 e. The van der Waals surface area contributed by atoms with Crippen LogP contribution in [0, 0.1) is 0 Å². The molecule has 0 amide bonds. The van der Waals surface area contributed by atoms with E-state index in [1.54, 1.807) is 13.3 Å². The number of aryl methyl sites for hydroxylation is 1. The summed E-state index contributed by atoms with van der Waals surface area (Å²) in [4.78, 5) is 17.1. The highest BCUT2D eigenvalue weighted by atomic mass is 16.5. The van der Waals surface area contributed by atoms with Crippen LogP contribution in [0.2, 0.25) is 0 Å². The number of carbonyl (C=O) groups is 1. The third-order valence-electron chi connectivity index (χ3n) is 4.35. The van der Waals surface area contributed by atoms with Gasteiger partial charge in [-0.3, -0.25) is 4.79 Å². The van der Waals surface area contributed by atoms with Crippen LogP contribution in [0.1, 0.15) is 24.3 Å². The van der Waals surface area contributed by atoms with Crippen molar-refractivity contribution >= 4 is 11.7 Å². The summed E-state index contributed by atoms with van der Waals surface area (Å²) in [6, 6.07) is 6.05. The molecule has 3 rings (SSSR count). The van der Waals surface area contributed by atoms with E-state index in [9.17, 15) is 4.79 Å². The Hall–Kier alpha value is -2.50. The zero-order valence-corrected chi connectivity index (χ0v) is 13.2. The van der Waals surface area contributed by atoms with Crippen LogP contribution >= 0.6 is 0 Å². The molecule has 23 heavy (non-hydrogen) atoms. The Morgan fingerprint density at radius 2 is 2.30 bits per heavy atom. The second-order valence-corrected chi connectivity index (χ2v) is 5.80.